The van der Waals surface area contributed by atoms with Crippen LogP contribution < -0.4 is 0 Å². The predicted molar refractivity (Wildman–Crippen MR) is 77.2 cm³/mol. The first-order chi connectivity index (χ1) is 9.00. The molecule has 0 aliphatic heterocycles. The zero-order chi connectivity index (χ0) is 14.0. The van der Waals surface area contributed by atoms with Gasteiger partial charge in [0, 0.05) is 12.7 Å². The molecule has 0 bridgehead atoms. The van der Waals surface area contributed by atoms with Gasteiger partial charge in [-0.25, -0.2) is 0 Å². The maximum Gasteiger partial charge on any atom is 0.189 e. The molecule has 0 saturated carbocycles. The zero-order valence-corrected chi connectivity index (χ0v) is 11.8. The number of carbonyl (C=O) groups is 1. The molecule has 0 spiro atoms. The van der Waals surface area contributed by atoms with Crippen molar-refractivity contribution in [1.82, 2.24) is 9.78 Å². The first-order valence-electron chi connectivity index (χ1n) is 6.29. The van der Waals surface area contributed by atoms with Crippen LogP contribution in [0.5, 0.6) is 0 Å². The van der Waals surface area contributed by atoms with Gasteiger partial charge in [0.2, 0.25) is 0 Å². The van der Waals surface area contributed by atoms with Gasteiger partial charge in [0.25, 0.3) is 0 Å². The summed E-state index contributed by atoms with van der Waals surface area (Å²) in [5.74, 6) is 0.00588. The summed E-state index contributed by atoms with van der Waals surface area (Å²) < 4.78 is 1.74. The summed E-state index contributed by atoms with van der Waals surface area (Å²) in [5, 5.41) is 4.27. The molecule has 3 nitrogen and oxygen atoms in total. The molecule has 0 radical (unpaired) electrons. The Morgan fingerprint density at radius 3 is 2.47 bits per heavy atom. The van der Waals surface area contributed by atoms with Crippen molar-refractivity contribution in [2.75, 3.05) is 0 Å². The Morgan fingerprint density at radius 2 is 1.89 bits per heavy atom. The number of aryl methyl sites for hydroxylation is 3. The highest BCUT2D eigenvalue weighted by molar-refractivity contribution is 6.08. The molecule has 0 aliphatic carbocycles. The highest BCUT2D eigenvalue weighted by Gasteiger charge is 2.14. The van der Waals surface area contributed by atoms with Crippen LogP contribution in [-0.4, -0.2) is 15.6 Å². The van der Waals surface area contributed by atoms with Crippen LogP contribution in [0.3, 0.4) is 0 Å². The van der Waals surface area contributed by atoms with E-state index in [1.807, 2.05) is 58.2 Å². The minimum atomic E-state index is 0.00588. The minimum absolute atomic E-state index is 0.00588. The molecule has 0 saturated heterocycles. The van der Waals surface area contributed by atoms with Gasteiger partial charge in [-0.05, 0) is 38.0 Å². The number of benzene rings is 1. The van der Waals surface area contributed by atoms with E-state index in [4.69, 9.17) is 0 Å². The number of carbonyl (C=O) groups excluding carboxylic acids is 1. The summed E-state index contributed by atoms with van der Waals surface area (Å²) in [6, 6.07) is 7.99. The maximum atomic E-state index is 12.2. The molecule has 1 aromatic heterocycles. The third kappa shape index (κ3) is 2.65. The van der Waals surface area contributed by atoms with E-state index in [1.54, 1.807) is 10.8 Å². The van der Waals surface area contributed by atoms with Crippen LogP contribution in [0.4, 0.5) is 0 Å². The number of hydrogen-bond donors (Lipinski definition) is 0. The number of rotatable bonds is 3. The topological polar surface area (TPSA) is 34.9 Å². The summed E-state index contributed by atoms with van der Waals surface area (Å²) in [5.41, 5.74) is 4.60. The highest BCUT2D eigenvalue weighted by Crippen LogP contribution is 2.15. The van der Waals surface area contributed by atoms with Crippen LogP contribution in [0.2, 0.25) is 0 Å². The Labute approximate surface area is 113 Å². The van der Waals surface area contributed by atoms with Gasteiger partial charge < -0.3 is 0 Å². The lowest BCUT2D eigenvalue weighted by atomic mass is 10.1. The van der Waals surface area contributed by atoms with Crippen molar-refractivity contribution in [1.29, 1.82) is 0 Å². The van der Waals surface area contributed by atoms with Gasteiger partial charge in [-0.2, -0.15) is 5.10 Å². The molecule has 0 atom stereocenters. The maximum absolute atomic E-state index is 12.2. The normalized spacial score (nSPS) is 11.2. The van der Waals surface area contributed by atoms with E-state index in [-0.39, 0.29) is 5.78 Å². The fourth-order valence-corrected chi connectivity index (χ4v) is 2.15. The second-order valence-electron chi connectivity index (χ2n) is 4.72. The van der Waals surface area contributed by atoms with Gasteiger partial charge in [0.15, 0.2) is 5.78 Å². The van der Waals surface area contributed by atoms with Gasteiger partial charge in [-0.15, -0.1) is 0 Å². The molecule has 0 N–H and O–H groups in total. The lowest BCUT2D eigenvalue weighted by Crippen LogP contribution is -1.99. The highest BCUT2D eigenvalue weighted by atomic mass is 16.1. The minimum Gasteiger partial charge on any atom is -0.289 e. The molecule has 1 aromatic carbocycles. The van der Waals surface area contributed by atoms with Gasteiger partial charge in [0.05, 0.1) is 11.3 Å². The molecule has 0 unspecified atom stereocenters. The van der Waals surface area contributed by atoms with Gasteiger partial charge in [-0.3, -0.25) is 9.48 Å². The van der Waals surface area contributed by atoms with Crippen LogP contribution >= 0.6 is 0 Å². The molecule has 0 fully saturated rings. The van der Waals surface area contributed by atoms with E-state index in [9.17, 15) is 4.79 Å². The molecule has 0 aliphatic rings. The van der Waals surface area contributed by atoms with Crippen LogP contribution in [-0.2, 0) is 7.05 Å². The smallest absolute Gasteiger partial charge is 0.189 e. The van der Waals surface area contributed by atoms with Crippen molar-refractivity contribution in [3.63, 3.8) is 0 Å². The molecular weight excluding hydrogens is 236 g/mol. The molecule has 19 heavy (non-hydrogen) atoms. The Kier molecular flexibility index (Phi) is 3.65. The van der Waals surface area contributed by atoms with Crippen LogP contribution in [0.25, 0.3) is 6.08 Å². The Bertz CT molecular complexity index is 651. The average molecular weight is 254 g/mol. The molecule has 98 valence electrons. The fourth-order valence-electron chi connectivity index (χ4n) is 2.15. The molecule has 3 heteroatoms. The SMILES string of the molecule is Cc1ccccc1/C=C/C(=O)c1c(C)nn(C)c1C. The standard InChI is InChI=1S/C16H18N2O/c1-11-7-5-6-8-14(11)9-10-15(19)16-12(2)17-18(4)13(16)3/h5-10H,1-4H3/b10-9+. The summed E-state index contributed by atoms with van der Waals surface area (Å²) in [6.07, 6.45) is 3.49. The van der Waals surface area contributed by atoms with Crippen molar-refractivity contribution < 1.29 is 4.79 Å². The number of hydrogen-bond acceptors (Lipinski definition) is 2. The Morgan fingerprint density at radius 1 is 1.21 bits per heavy atom. The quantitative estimate of drug-likeness (QED) is 0.622. The number of allylic oxidation sites excluding steroid dienone is 1. The zero-order valence-electron chi connectivity index (χ0n) is 11.8. The van der Waals surface area contributed by atoms with Crippen molar-refractivity contribution in [3.05, 3.63) is 58.4 Å². The number of nitrogens with zero attached hydrogens (tertiary/aromatic N) is 2. The second-order valence-corrected chi connectivity index (χ2v) is 4.72. The summed E-state index contributed by atoms with van der Waals surface area (Å²) in [7, 11) is 1.85. The molecule has 2 rings (SSSR count). The third-order valence-corrected chi connectivity index (χ3v) is 3.36. The van der Waals surface area contributed by atoms with E-state index in [1.165, 1.54) is 0 Å². The van der Waals surface area contributed by atoms with E-state index in [2.05, 4.69) is 5.10 Å². The average Bonchev–Trinajstić information content (AvgIpc) is 2.62. The first-order valence-corrected chi connectivity index (χ1v) is 6.29. The summed E-state index contributed by atoms with van der Waals surface area (Å²) >= 11 is 0. The first kappa shape index (κ1) is 13.3. The van der Waals surface area contributed by atoms with Crippen LogP contribution in [0.1, 0.15) is 32.9 Å². The number of aromatic nitrogens is 2. The van der Waals surface area contributed by atoms with Crippen molar-refractivity contribution in [3.8, 4) is 0 Å². The Hall–Kier alpha value is -2.16. The van der Waals surface area contributed by atoms with E-state index in [0.29, 0.717) is 5.56 Å². The Balaban J connectivity index is 2.29. The molecule has 2 aromatic rings. The van der Waals surface area contributed by atoms with E-state index < -0.39 is 0 Å². The lowest BCUT2D eigenvalue weighted by molar-refractivity contribution is 0.104. The monoisotopic (exact) mass is 254 g/mol. The summed E-state index contributed by atoms with van der Waals surface area (Å²) in [6.45, 7) is 5.81. The van der Waals surface area contributed by atoms with Crippen molar-refractivity contribution >= 4 is 11.9 Å². The molecular formula is C16H18N2O. The van der Waals surface area contributed by atoms with E-state index in [0.717, 1.165) is 22.5 Å². The van der Waals surface area contributed by atoms with Crippen LogP contribution in [0, 0.1) is 20.8 Å². The van der Waals surface area contributed by atoms with E-state index >= 15 is 0 Å². The predicted octanol–water partition coefficient (Wildman–Crippen LogP) is 3.24. The lowest BCUT2D eigenvalue weighted by Gasteiger charge is -1.99. The largest absolute Gasteiger partial charge is 0.289 e. The van der Waals surface area contributed by atoms with Crippen molar-refractivity contribution in [2.24, 2.45) is 7.05 Å². The third-order valence-electron chi connectivity index (χ3n) is 3.36. The van der Waals surface area contributed by atoms with Crippen LogP contribution in [0.15, 0.2) is 30.3 Å². The molecule has 1 heterocycles. The van der Waals surface area contributed by atoms with Crippen molar-refractivity contribution in [2.45, 2.75) is 20.8 Å². The summed E-state index contributed by atoms with van der Waals surface area (Å²) in [4.78, 5) is 12.2. The van der Waals surface area contributed by atoms with Gasteiger partial charge >= 0.3 is 0 Å². The van der Waals surface area contributed by atoms with Gasteiger partial charge in [0.1, 0.15) is 0 Å². The number of ketones is 1. The van der Waals surface area contributed by atoms with Gasteiger partial charge in [-0.1, -0.05) is 30.3 Å². The second kappa shape index (κ2) is 5.22. The fraction of sp³-hybridized carbons (Fsp3) is 0.250. The molecule has 0 amide bonds.